The maximum Gasteiger partial charge on any atom is 0.103 e. The Morgan fingerprint density at radius 1 is 1.19 bits per heavy atom. The van der Waals surface area contributed by atoms with E-state index in [1.165, 1.54) is 16.9 Å². The second-order valence-corrected chi connectivity index (χ2v) is 6.09. The normalized spacial score (nSPS) is 20.0. The molecule has 4 nitrogen and oxygen atoms in total. The summed E-state index contributed by atoms with van der Waals surface area (Å²) in [6.07, 6.45) is 1.95. The molecule has 112 valence electrons. The van der Waals surface area contributed by atoms with Gasteiger partial charge >= 0.3 is 0 Å². The molecule has 1 aromatic heterocycles. The van der Waals surface area contributed by atoms with E-state index in [4.69, 9.17) is 0 Å². The van der Waals surface area contributed by atoms with Crippen LogP contribution in [0.25, 0.3) is 0 Å². The van der Waals surface area contributed by atoms with Crippen LogP contribution in [0.4, 0.5) is 5.69 Å². The number of nitrogens with zero attached hydrogens (tertiary/aromatic N) is 3. The summed E-state index contributed by atoms with van der Waals surface area (Å²) in [5, 5.41) is 0. The molecule has 0 amide bonds. The highest BCUT2D eigenvalue weighted by Crippen LogP contribution is 2.20. The van der Waals surface area contributed by atoms with Gasteiger partial charge in [-0.25, -0.2) is 4.98 Å². The van der Waals surface area contributed by atoms with Crippen molar-refractivity contribution in [2.75, 3.05) is 24.5 Å². The van der Waals surface area contributed by atoms with E-state index in [9.17, 15) is 0 Å². The van der Waals surface area contributed by atoms with Crippen molar-refractivity contribution in [2.24, 2.45) is 0 Å². The predicted octanol–water partition coefficient (Wildman–Crippen LogP) is 2.74. The number of aromatic nitrogens is 2. The van der Waals surface area contributed by atoms with E-state index in [1.54, 1.807) is 0 Å². The molecule has 2 aromatic rings. The van der Waals surface area contributed by atoms with Crippen LogP contribution in [-0.2, 0) is 6.54 Å². The number of anilines is 1. The Morgan fingerprint density at radius 2 is 1.95 bits per heavy atom. The number of hydrogen-bond donors (Lipinski definition) is 1. The second kappa shape index (κ2) is 5.90. The summed E-state index contributed by atoms with van der Waals surface area (Å²) < 4.78 is 0. The van der Waals surface area contributed by atoms with Gasteiger partial charge in [-0.1, -0.05) is 17.7 Å². The molecule has 0 saturated carbocycles. The van der Waals surface area contributed by atoms with Gasteiger partial charge in [0.2, 0.25) is 0 Å². The highest BCUT2D eigenvalue weighted by Gasteiger charge is 2.24. The summed E-state index contributed by atoms with van der Waals surface area (Å²) in [7, 11) is 0. The first-order valence-electron chi connectivity index (χ1n) is 7.68. The number of aromatic amines is 1. The molecule has 1 aliphatic heterocycles. The summed E-state index contributed by atoms with van der Waals surface area (Å²) in [5.74, 6) is 0.996. The van der Waals surface area contributed by atoms with Gasteiger partial charge in [0.1, 0.15) is 5.82 Å². The summed E-state index contributed by atoms with van der Waals surface area (Å²) in [6.45, 7) is 10.7. The van der Waals surface area contributed by atoms with Gasteiger partial charge in [-0.05, 0) is 32.9 Å². The lowest BCUT2D eigenvalue weighted by Crippen LogP contribution is -2.51. The van der Waals surface area contributed by atoms with Gasteiger partial charge in [-0.3, -0.25) is 4.90 Å². The molecule has 21 heavy (non-hydrogen) atoms. The van der Waals surface area contributed by atoms with Gasteiger partial charge in [0, 0.05) is 49.8 Å². The third-order valence-electron chi connectivity index (χ3n) is 4.29. The van der Waals surface area contributed by atoms with Crippen molar-refractivity contribution >= 4 is 5.69 Å². The quantitative estimate of drug-likeness (QED) is 0.941. The third kappa shape index (κ3) is 3.27. The molecular weight excluding hydrogens is 260 g/mol. The van der Waals surface area contributed by atoms with Crippen LogP contribution >= 0.6 is 0 Å². The topological polar surface area (TPSA) is 35.2 Å². The minimum atomic E-state index is 0.545. The Hall–Kier alpha value is -1.81. The van der Waals surface area contributed by atoms with Crippen LogP contribution in [0.2, 0.25) is 0 Å². The highest BCUT2D eigenvalue weighted by atomic mass is 15.3. The van der Waals surface area contributed by atoms with E-state index in [2.05, 4.69) is 57.9 Å². The van der Waals surface area contributed by atoms with Gasteiger partial charge in [-0.15, -0.1) is 0 Å². The van der Waals surface area contributed by atoms with Crippen LogP contribution in [0.5, 0.6) is 0 Å². The monoisotopic (exact) mass is 284 g/mol. The van der Waals surface area contributed by atoms with Crippen molar-refractivity contribution in [2.45, 2.75) is 33.4 Å². The zero-order valence-electron chi connectivity index (χ0n) is 13.1. The minimum Gasteiger partial charge on any atom is -0.369 e. The summed E-state index contributed by atoms with van der Waals surface area (Å²) in [4.78, 5) is 12.6. The van der Waals surface area contributed by atoms with E-state index in [-0.39, 0.29) is 0 Å². The average molecular weight is 284 g/mol. The van der Waals surface area contributed by atoms with Crippen LogP contribution in [0.1, 0.15) is 24.0 Å². The molecule has 1 saturated heterocycles. The fourth-order valence-corrected chi connectivity index (χ4v) is 2.99. The number of hydrogen-bond acceptors (Lipinski definition) is 3. The molecule has 2 heterocycles. The molecule has 0 unspecified atom stereocenters. The Morgan fingerprint density at radius 3 is 2.57 bits per heavy atom. The maximum atomic E-state index is 4.29. The predicted molar refractivity (Wildman–Crippen MR) is 86.6 cm³/mol. The highest BCUT2D eigenvalue weighted by molar-refractivity contribution is 5.48. The average Bonchev–Trinajstić information content (AvgIpc) is 2.87. The largest absolute Gasteiger partial charge is 0.369 e. The first-order valence-corrected chi connectivity index (χ1v) is 7.68. The summed E-state index contributed by atoms with van der Waals surface area (Å²) in [6, 6.07) is 9.40. The Labute approximate surface area is 126 Å². The molecule has 0 bridgehead atoms. The molecule has 1 aliphatic rings. The first kappa shape index (κ1) is 14.1. The lowest BCUT2D eigenvalue weighted by molar-refractivity contribution is 0.179. The van der Waals surface area contributed by atoms with Gasteiger partial charge in [0.05, 0.1) is 0 Å². The summed E-state index contributed by atoms with van der Waals surface area (Å²) in [5.41, 5.74) is 3.87. The summed E-state index contributed by atoms with van der Waals surface area (Å²) >= 11 is 0. The number of imidazole rings is 1. The zero-order chi connectivity index (χ0) is 14.8. The molecule has 0 aliphatic carbocycles. The van der Waals surface area contributed by atoms with Crippen molar-refractivity contribution in [1.29, 1.82) is 0 Å². The fourth-order valence-electron chi connectivity index (χ4n) is 2.99. The maximum absolute atomic E-state index is 4.29. The van der Waals surface area contributed by atoms with Crippen molar-refractivity contribution in [3.8, 4) is 0 Å². The van der Waals surface area contributed by atoms with Gasteiger partial charge in [-0.2, -0.15) is 0 Å². The van der Waals surface area contributed by atoms with Crippen LogP contribution in [0.3, 0.4) is 0 Å². The van der Waals surface area contributed by atoms with E-state index < -0.39 is 0 Å². The van der Waals surface area contributed by atoms with Crippen molar-refractivity contribution < 1.29 is 0 Å². The fraction of sp³-hybridized carbons (Fsp3) is 0.471. The van der Waals surface area contributed by atoms with Crippen molar-refractivity contribution in [3.63, 3.8) is 0 Å². The molecule has 1 atom stereocenters. The molecule has 1 fully saturated rings. The molecule has 4 heteroatoms. The van der Waals surface area contributed by atoms with Crippen LogP contribution in [0.15, 0.2) is 30.5 Å². The first-order chi connectivity index (χ1) is 10.1. The molecule has 0 spiro atoms. The molecule has 3 rings (SSSR count). The smallest absolute Gasteiger partial charge is 0.103 e. The van der Waals surface area contributed by atoms with Crippen molar-refractivity contribution in [1.82, 2.24) is 14.9 Å². The Balaban J connectivity index is 1.62. The number of aryl methyl sites for hydroxylation is 2. The SMILES string of the molecule is Cc1ccc(N2CCN(Cc3cnc(C)[nH]3)[C@H](C)C2)cc1. The Bertz CT molecular complexity index is 587. The van der Waals surface area contributed by atoms with Crippen LogP contribution in [0, 0.1) is 13.8 Å². The standard InChI is InChI=1S/C17H24N4/c1-13-4-6-17(7-5-13)21-9-8-20(14(2)11-21)12-16-10-18-15(3)19-16/h4-7,10,14H,8-9,11-12H2,1-3H3,(H,18,19)/t14-/m1/s1. The molecule has 1 aromatic carbocycles. The number of H-pyrrole nitrogens is 1. The third-order valence-corrected chi connectivity index (χ3v) is 4.29. The van der Waals surface area contributed by atoms with Gasteiger partial charge in [0.15, 0.2) is 0 Å². The Kier molecular flexibility index (Phi) is 3.97. The van der Waals surface area contributed by atoms with Crippen LogP contribution in [-0.4, -0.2) is 40.5 Å². The lowest BCUT2D eigenvalue weighted by atomic mass is 10.1. The van der Waals surface area contributed by atoms with Gasteiger partial charge < -0.3 is 9.88 Å². The van der Waals surface area contributed by atoms with Crippen LogP contribution < -0.4 is 4.90 Å². The van der Waals surface area contributed by atoms with E-state index in [1.807, 2.05) is 13.1 Å². The van der Waals surface area contributed by atoms with E-state index in [0.29, 0.717) is 6.04 Å². The second-order valence-electron chi connectivity index (χ2n) is 6.09. The molecule has 1 N–H and O–H groups in total. The van der Waals surface area contributed by atoms with Crippen molar-refractivity contribution in [3.05, 3.63) is 47.5 Å². The van der Waals surface area contributed by atoms with E-state index >= 15 is 0 Å². The molecule has 0 radical (unpaired) electrons. The number of nitrogens with one attached hydrogen (secondary N) is 1. The minimum absolute atomic E-state index is 0.545. The number of rotatable bonds is 3. The van der Waals surface area contributed by atoms with Gasteiger partial charge in [0.25, 0.3) is 0 Å². The number of piperazine rings is 1. The lowest BCUT2D eigenvalue weighted by Gasteiger charge is -2.40. The number of benzene rings is 1. The molecular formula is C17H24N4. The van der Waals surface area contributed by atoms with E-state index in [0.717, 1.165) is 32.0 Å². The zero-order valence-corrected chi connectivity index (χ0v) is 13.1.